The van der Waals surface area contributed by atoms with Crippen LogP contribution in [0.3, 0.4) is 0 Å². The summed E-state index contributed by atoms with van der Waals surface area (Å²) in [6, 6.07) is 18.0. The minimum Gasteiger partial charge on any atom is -0.362 e. The largest absolute Gasteiger partial charge is 0.362 e. The number of carbonyl (C=O) groups excluding carboxylic acids is 2. The second-order valence-corrected chi connectivity index (χ2v) is 7.56. The summed E-state index contributed by atoms with van der Waals surface area (Å²) in [5.74, 6) is -0.337. The molecule has 3 rings (SSSR count). The van der Waals surface area contributed by atoms with E-state index in [2.05, 4.69) is 19.1 Å². The Kier molecular flexibility index (Phi) is 6.86. The van der Waals surface area contributed by atoms with Crippen molar-refractivity contribution in [2.75, 3.05) is 13.1 Å². The Morgan fingerprint density at radius 1 is 0.862 bits per heavy atom. The number of hydrogen-bond donors (Lipinski definition) is 0. The molecular formula is C25H30N2O2. The third-order valence-corrected chi connectivity index (χ3v) is 5.38. The van der Waals surface area contributed by atoms with Gasteiger partial charge in [-0.15, -0.1) is 0 Å². The quantitative estimate of drug-likeness (QED) is 0.457. The van der Waals surface area contributed by atoms with Gasteiger partial charge in [0.1, 0.15) is 5.70 Å². The average Bonchev–Trinajstić information content (AvgIpc) is 2.98. The van der Waals surface area contributed by atoms with Crippen LogP contribution < -0.4 is 0 Å². The van der Waals surface area contributed by atoms with Crippen molar-refractivity contribution in [1.82, 2.24) is 9.80 Å². The van der Waals surface area contributed by atoms with Gasteiger partial charge in [-0.05, 0) is 31.4 Å². The molecule has 0 saturated carbocycles. The summed E-state index contributed by atoms with van der Waals surface area (Å²) < 4.78 is 0. The first-order chi connectivity index (χ1) is 14.1. The fraction of sp³-hybridized carbons (Fsp3) is 0.360. The highest BCUT2D eigenvalue weighted by Gasteiger charge is 2.40. The van der Waals surface area contributed by atoms with Crippen LogP contribution in [0.2, 0.25) is 0 Å². The lowest BCUT2D eigenvalue weighted by Gasteiger charge is -2.25. The maximum atomic E-state index is 13.4. The number of carbonyl (C=O) groups is 2. The molecule has 1 aliphatic rings. The number of imide groups is 1. The molecule has 152 valence electrons. The van der Waals surface area contributed by atoms with E-state index >= 15 is 0 Å². The van der Waals surface area contributed by atoms with Crippen molar-refractivity contribution in [3.8, 4) is 0 Å². The number of benzene rings is 2. The Balaban J connectivity index is 2.01. The summed E-state index contributed by atoms with van der Waals surface area (Å²) in [5.41, 5.74) is 4.12. The van der Waals surface area contributed by atoms with Crippen LogP contribution in [0.25, 0.3) is 5.57 Å². The second-order valence-electron chi connectivity index (χ2n) is 7.56. The van der Waals surface area contributed by atoms with E-state index in [9.17, 15) is 9.59 Å². The minimum atomic E-state index is -0.170. The molecular weight excluding hydrogens is 360 g/mol. The molecule has 4 nitrogen and oxygen atoms in total. The van der Waals surface area contributed by atoms with Gasteiger partial charge in [0.2, 0.25) is 0 Å². The minimum absolute atomic E-state index is 0.167. The highest BCUT2D eigenvalue weighted by molar-refractivity contribution is 6.35. The molecule has 0 unspecified atom stereocenters. The number of rotatable bonds is 9. The molecule has 0 radical (unpaired) electrons. The molecule has 1 aliphatic heterocycles. The SMILES string of the molecule is CCCCCN1C(=O)C(c2ccc(C)cc2)=C(N(CC)Cc2ccccc2)C1=O. The molecule has 0 saturated heterocycles. The van der Waals surface area contributed by atoms with Crippen LogP contribution >= 0.6 is 0 Å². The molecule has 0 bridgehead atoms. The smallest absolute Gasteiger partial charge is 0.277 e. The molecule has 29 heavy (non-hydrogen) atoms. The fourth-order valence-corrected chi connectivity index (χ4v) is 3.71. The fourth-order valence-electron chi connectivity index (χ4n) is 3.71. The predicted octanol–water partition coefficient (Wildman–Crippen LogP) is 4.79. The summed E-state index contributed by atoms with van der Waals surface area (Å²) in [6.07, 6.45) is 2.90. The van der Waals surface area contributed by atoms with E-state index < -0.39 is 0 Å². The van der Waals surface area contributed by atoms with E-state index in [0.717, 1.165) is 36.0 Å². The topological polar surface area (TPSA) is 40.6 Å². The van der Waals surface area contributed by atoms with Gasteiger partial charge in [0.05, 0.1) is 5.57 Å². The summed E-state index contributed by atoms with van der Waals surface area (Å²) in [6.45, 7) is 7.90. The van der Waals surface area contributed by atoms with Crippen LogP contribution in [0.4, 0.5) is 0 Å². The summed E-state index contributed by atoms with van der Waals surface area (Å²) in [5, 5.41) is 0. The van der Waals surface area contributed by atoms with Crippen molar-refractivity contribution in [1.29, 1.82) is 0 Å². The van der Waals surface area contributed by atoms with Gasteiger partial charge in [0.25, 0.3) is 11.8 Å². The summed E-state index contributed by atoms with van der Waals surface area (Å²) in [7, 11) is 0. The molecule has 4 heteroatoms. The second kappa shape index (κ2) is 9.55. The molecule has 0 fully saturated rings. The molecule has 0 aromatic heterocycles. The van der Waals surface area contributed by atoms with Gasteiger partial charge in [0.15, 0.2) is 0 Å². The maximum absolute atomic E-state index is 13.4. The first kappa shape index (κ1) is 20.8. The highest BCUT2D eigenvalue weighted by Crippen LogP contribution is 2.32. The first-order valence-corrected chi connectivity index (χ1v) is 10.5. The zero-order valence-corrected chi connectivity index (χ0v) is 17.6. The summed E-state index contributed by atoms with van der Waals surface area (Å²) >= 11 is 0. The van der Waals surface area contributed by atoms with Gasteiger partial charge in [-0.3, -0.25) is 14.5 Å². The Hall–Kier alpha value is -2.88. The monoisotopic (exact) mass is 390 g/mol. The van der Waals surface area contributed by atoms with Crippen LogP contribution in [-0.4, -0.2) is 34.7 Å². The van der Waals surface area contributed by atoms with Crippen molar-refractivity contribution in [2.45, 2.75) is 46.6 Å². The molecule has 0 spiro atoms. The van der Waals surface area contributed by atoms with E-state index in [1.165, 1.54) is 4.90 Å². The van der Waals surface area contributed by atoms with Crippen molar-refractivity contribution in [3.05, 3.63) is 77.0 Å². The van der Waals surface area contributed by atoms with Crippen LogP contribution in [0, 0.1) is 6.92 Å². The normalized spacial score (nSPS) is 14.1. The van der Waals surface area contributed by atoms with Crippen molar-refractivity contribution < 1.29 is 9.59 Å². The lowest BCUT2D eigenvalue weighted by Crippen LogP contribution is -2.35. The van der Waals surface area contributed by atoms with Crippen LogP contribution in [0.15, 0.2) is 60.3 Å². The highest BCUT2D eigenvalue weighted by atomic mass is 16.2. The van der Waals surface area contributed by atoms with Crippen LogP contribution in [0.5, 0.6) is 0 Å². The molecule has 2 amide bonds. The van der Waals surface area contributed by atoms with E-state index in [4.69, 9.17) is 0 Å². The lowest BCUT2D eigenvalue weighted by molar-refractivity contribution is -0.137. The Morgan fingerprint density at radius 2 is 1.55 bits per heavy atom. The average molecular weight is 391 g/mol. The molecule has 0 N–H and O–H groups in total. The van der Waals surface area contributed by atoms with Crippen molar-refractivity contribution >= 4 is 17.4 Å². The van der Waals surface area contributed by atoms with Gasteiger partial charge < -0.3 is 4.90 Å². The molecule has 0 aliphatic carbocycles. The number of amides is 2. The third-order valence-electron chi connectivity index (χ3n) is 5.38. The van der Waals surface area contributed by atoms with Gasteiger partial charge in [-0.25, -0.2) is 0 Å². The zero-order valence-electron chi connectivity index (χ0n) is 17.6. The van der Waals surface area contributed by atoms with Crippen molar-refractivity contribution in [3.63, 3.8) is 0 Å². The van der Waals surface area contributed by atoms with Gasteiger partial charge in [-0.2, -0.15) is 0 Å². The zero-order chi connectivity index (χ0) is 20.8. The molecule has 2 aromatic carbocycles. The molecule has 2 aromatic rings. The van der Waals surface area contributed by atoms with Gasteiger partial charge in [-0.1, -0.05) is 79.9 Å². The standard InChI is InChI=1S/C25H30N2O2/c1-4-6-10-17-27-24(28)22(21-15-13-19(3)14-16-21)23(25(27)29)26(5-2)18-20-11-8-7-9-12-20/h7-9,11-16H,4-6,10,17-18H2,1-3H3. The number of likely N-dealkylation sites (N-methyl/N-ethyl adjacent to an activating group) is 1. The summed E-state index contributed by atoms with van der Waals surface area (Å²) in [4.78, 5) is 30.1. The lowest BCUT2D eigenvalue weighted by atomic mass is 10.0. The predicted molar refractivity (Wildman–Crippen MR) is 117 cm³/mol. The number of aryl methyl sites for hydroxylation is 1. The maximum Gasteiger partial charge on any atom is 0.277 e. The number of unbranched alkanes of at least 4 members (excludes halogenated alkanes) is 2. The first-order valence-electron chi connectivity index (χ1n) is 10.5. The van der Waals surface area contributed by atoms with Gasteiger partial charge >= 0.3 is 0 Å². The van der Waals surface area contributed by atoms with Crippen molar-refractivity contribution in [2.24, 2.45) is 0 Å². The van der Waals surface area contributed by atoms with E-state index in [1.807, 2.05) is 61.2 Å². The third kappa shape index (κ3) is 4.58. The molecule has 1 heterocycles. The Bertz CT molecular complexity index is 885. The Labute approximate surface area is 173 Å². The van der Waals surface area contributed by atoms with E-state index in [-0.39, 0.29) is 11.8 Å². The van der Waals surface area contributed by atoms with E-state index in [1.54, 1.807) is 0 Å². The molecule has 0 atom stereocenters. The number of hydrogen-bond acceptors (Lipinski definition) is 3. The van der Waals surface area contributed by atoms with Gasteiger partial charge in [0, 0.05) is 19.6 Å². The Morgan fingerprint density at radius 3 is 2.17 bits per heavy atom. The number of nitrogens with zero attached hydrogens (tertiary/aromatic N) is 2. The van der Waals surface area contributed by atoms with Crippen LogP contribution in [0.1, 0.15) is 49.8 Å². The van der Waals surface area contributed by atoms with Crippen LogP contribution in [-0.2, 0) is 16.1 Å². The van der Waals surface area contributed by atoms with E-state index in [0.29, 0.717) is 30.9 Å².